The first-order chi connectivity index (χ1) is 24.8. The predicted molar refractivity (Wildman–Crippen MR) is 209 cm³/mol. The summed E-state index contributed by atoms with van der Waals surface area (Å²) in [5, 5.41) is 7.66. The van der Waals surface area contributed by atoms with Gasteiger partial charge >= 0.3 is 0 Å². The van der Waals surface area contributed by atoms with E-state index in [2.05, 4.69) is 106 Å². The van der Waals surface area contributed by atoms with E-state index in [0.717, 1.165) is 61.8 Å². The maximum absolute atomic E-state index is 6.64. The highest BCUT2D eigenvalue weighted by molar-refractivity contribution is 6.09. The smallest absolute Gasteiger partial charge is 0.137 e. The summed E-state index contributed by atoms with van der Waals surface area (Å²) in [6.45, 7) is 15.2. The van der Waals surface area contributed by atoms with E-state index < -0.39 is 0 Å². The number of nitrogens with zero attached hydrogens (tertiary/aromatic N) is 4. The number of pyridine rings is 1. The molecule has 0 aliphatic heterocycles. The summed E-state index contributed by atoms with van der Waals surface area (Å²) in [5.74, 6) is 4.24. The van der Waals surface area contributed by atoms with Gasteiger partial charge < -0.3 is 18.9 Å². The van der Waals surface area contributed by atoms with Crippen LogP contribution in [0.4, 0.5) is 0 Å². The number of hydrogen-bond acceptors (Lipinski definition) is 6. The maximum Gasteiger partial charge on any atom is 0.137 e. The fourth-order valence-electron chi connectivity index (χ4n) is 7.03. The number of rotatable bonds is 8. The number of para-hydroxylation sites is 1. The van der Waals surface area contributed by atoms with Gasteiger partial charge in [-0.25, -0.2) is 9.67 Å². The number of hydrogen-bond donors (Lipinski definition) is 0. The van der Waals surface area contributed by atoms with E-state index in [9.17, 15) is 0 Å². The number of ether oxygens (including phenoxy) is 4. The number of aromatic nitrogens is 4. The Morgan fingerprint density at radius 1 is 0.596 bits per heavy atom. The third-order valence-electron chi connectivity index (χ3n) is 9.34. The van der Waals surface area contributed by atoms with Gasteiger partial charge in [-0.2, -0.15) is 5.10 Å². The van der Waals surface area contributed by atoms with Crippen LogP contribution in [0.15, 0.2) is 97.2 Å². The Bertz CT molecular complexity index is 2420. The first kappa shape index (κ1) is 34.7. The van der Waals surface area contributed by atoms with Crippen molar-refractivity contribution < 1.29 is 18.9 Å². The highest BCUT2D eigenvalue weighted by Gasteiger charge is 2.36. The standard InChI is InChI=1S/C44H46N4O4/c1-27-20-21-45-38(22-27)47-34-17-12-11-16-32(34)33-19-18-30(24-35(33)47)52-29-15-13-14-28(23-29)48-42(44(5,6)7)40(41(46-48)43(2,3)4)39-36(50-9)25-31(49-8)26-37(39)51-10/h11-26H,1-10H3. The fourth-order valence-corrected chi connectivity index (χ4v) is 7.03. The van der Waals surface area contributed by atoms with Gasteiger partial charge in [0, 0.05) is 57.6 Å². The number of benzene rings is 4. The van der Waals surface area contributed by atoms with Crippen LogP contribution in [0.5, 0.6) is 28.7 Å². The molecule has 0 bridgehead atoms. The highest BCUT2D eigenvalue weighted by Crippen LogP contribution is 2.50. The Morgan fingerprint density at radius 2 is 1.29 bits per heavy atom. The molecule has 0 spiro atoms. The molecular weight excluding hydrogens is 649 g/mol. The van der Waals surface area contributed by atoms with Crippen LogP contribution < -0.4 is 18.9 Å². The third-order valence-corrected chi connectivity index (χ3v) is 9.34. The van der Waals surface area contributed by atoms with Crippen LogP contribution in [0.3, 0.4) is 0 Å². The average molecular weight is 695 g/mol. The fraction of sp³-hybridized carbons (Fsp3) is 0.273. The first-order valence-electron chi connectivity index (χ1n) is 17.5. The SMILES string of the molecule is COc1cc(OC)c(-c2c(C(C)(C)C)nn(-c3cccc(Oc4ccc5c6ccccc6n(-c6cc(C)ccn6)c5c4)c3)c2C(C)(C)C)c(OC)c1. The molecule has 8 nitrogen and oxygen atoms in total. The molecule has 7 rings (SSSR count). The molecule has 0 saturated heterocycles. The van der Waals surface area contributed by atoms with E-state index in [1.165, 1.54) is 5.39 Å². The van der Waals surface area contributed by atoms with Crippen LogP contribution in [0.2, 0.25) is 0 Å². The maximum atomic E-state index is 6.64. The topological polar surface area (TPSA) is 72.6 Å². The normalized spacial score (nSPS) is 12.0. The molecule has 0 aliphatic carbocycles. The van der Waals surface area contributed by atoms with Crippen LogP contribution >= 0.6 is 0 Å². The van der Waals surface area contributed by atoms with Crippen LogP contribution in [-0.4, -0.2) is 40.7 Å². The molecule has 0 fully saturated rings. The van der Waals surface area contributed by atoms with Gasteiger partial charge in [-0.1, -0.05) is 65.8 Å². The van der Waals surface area contributed by atoms with E-state index in [1.807, 2.05) is 48.7 Å². The molecule has 0 aliphatic rings. The average Bonchev–Trinajstić information content (AvgIpc) is 3.68. The van der Waals surface area contributed by atoms with Gasteiger partial charge in [0.05, 0.1) is 55.0 Å². The third kappa shape index (κ3) is 6.12. The first-order valence-corrected chi connectivity index (χ1v) is 17.5. The van der Waals surface area contributed by atoms with Crippen LogP contribution in [-0.2, 0) is 10.8 Å². The minimum atomic E-state index is -0.332. The quantitative estimate of drug-likeness (QED) is 0.158. The molecule has 0 unspecified atom stereocenters. The predicted octanol–water partition coefficient (Wildman–Crippen LogP) is 10.8. The zero-order chi connectivity index (χ0) is 36.9. The van der Waals surface area contributed by atoms with Crippen molar-refractivity contribution in [3.05, 3.63) is 114 Å². The molecule has 0 radical (unpaired) electrons. The van der Waals surface area contributed by atoms with Crippen molar-refractivity contribution in [2.45, 2.75) is 59.3 Å². The Kier molecular flexibility index (Phi) is 8.73. The Labute approximate surface area is 305 Å². The summed E-state index contributed by atoms with van der Waals surface area (Å²) in [6.07, 6.45) is 1.86. The largest absolute Gasteiger partial charge is 0.496 e. The lowest BCUT2D eigenvalue weighted by Gasteiger charge is -2.26. The zero-order valence-corrected chi connectivity index (χ0v) is 31.7. The molecule has 266 valence electrons. The van der Waals surface area contributed by atoms with Gasteiger partial charge in [0.1, 0.15) is 34.6 Å². The van der Waals surface area contributed by atoms with Crippen molar-refractivity contribution in [1.29, 1.82) is 0 Å². The molecule has 0 amide bonds. The lowest BCUT2D eigenvalue weighted by molar-refractivity contribution is 0.377. The second kappa shape index (κ2) is 13.1. The second-order valence-electron chi connectivity index (χ2n) is 15.2. The Balaban J connectivity index is 1.38. The molecule has 4 aromatic carbocycles. The molecule has 3 aromatic heterocycles. The van der Waals surface area contributed by atoms with Gasteiger partial charge in [-0.15, -0.1) is 0 Å². The molecular formula is C44H46N4O4. The minimum absolute atomic E-state index is 0.315. The number of fused-ring (bicyclic) bond motifs is 3. The van der Waals surface area contributed by atoms with Crippen molar-refractivity contribution in [1.82, 2.24) is 19.3 Å². The molecule has 0 N–H and O–H groups in total. The molecule has 8 heteroatoms. The van der Waals surface area contributed by atoms with Gasteiger partial charge in [0.15, 0.2) is 0 Å². The van der Waals surface area contributed by atoms with E-state index in [0.29, 0.717) is 23.0 Å². The summed E-state index contributed by atoms with van der Waals surface area (Å²) in [7, 11) is 4.98. The van der Waals surface area contributed by atoms with Crippen molar-refractivity contribution >= 4 is 21.8 Å². The van der Waals surface area contributed by atoms with E-state index in [1.54, 1.807) is 21.3 Å². The lowest BCUT2D eigenvalue weighted by atomic mass is 9.80. The number of aryl methyl sites for hydroxylation is 1. The number of methoxy groups -OCH3 is 3. The van der Waals surface area contributed by atoms with Gasteiger partial charge in [-0.05, 0) is 55.0 Å². The summed E-state index contributed by atoms with van der Waals surface area (Å²) in [5.41, 5.74) is 7.26. The van der Waals surface area contributed by atoms with Gasteiger partial charge in [-0.3, -0.25) is 4.57 Å². The summed E-state index contributed by atoms with van der Waals surface area (Å²) < 4.78 is 28.5. The Hall–Kier alpha value is -5.76. The van der Waals surface area contributed by atoms with Crippen molar-refractivity contribution in [2.75, 3.05) is 21.3 Å². The van der Waals surface area contributed by atoms with Crippen LogP contribution in [0, 0.1) is 6.92 Å². The van der Waals surface area contributed by atoms with E-state index in [4.69, 9.17) is 29.0 Å². The second-order valence-corrected chi connectivity index (χ2v) is 15.2. The van der Waals surface area contributed by atoms with Crippen molar-refractivity contribution in [3.8, 4) is 51.4 Å². The Morgan fingerprint density at radius 3 is 1.94 bits per heavy atom. The molecule has 0 atom stereocenters. The lowest BCUT2D eigenvalue weighted by Crippen LogP contribution is -2.19. The minimum Gasteiger partial charge on any atom is -0.496 e. The summed E-state index contributed by atoms with van der Waals surface area (Å²) >= 11 is 0. The van der Waals surface area contributed by atoms with E-state index in [-0.39, 0.29) is 10.8 Å². The van der Waals surface area contributed by atoms with Crippen LogP contribution in [0.1, 0.15) is 58.5 Å². The van der Waals surface area contributed by atoms with Gasteiger partial charge in [0.2, 0.25) is 0 Å². The molecule has 52 heavy (non-hydrogen) atoms. The van der Waals surface area contributed by atoms with Crippen molar-refractivity contribution in [2.24, 2.45) is 0 Å². The zero-order valence-electron chi connectivity index (χ0n) is 31.7. The molecule has 3 heterocycles. The monoisotopic (exact) mass is 694 g/mol. The van der Waals surface area contributed by atoms with Gasteiger partial charge in [0.25, 0.3) is 0 Å². The molecule has 7 aromatic rings. The van der Waals surface area contributed by atoms with Crippen molar-refractivity contribution in [3.63, 3.8) is 0 Å². The van der Waals surface area contributed by atoms with E-state index >= 15 is 0 Å². The van der Waals surface area contributed by atoms with Crippen LogP contribution in [0.25, 0.3) is 44.4 Å². The molecule has 0 saturated carbocycles. The highest BCUT2D eigenvalue weighted by atomic mass is 16.5. The summed E-state index contributed by atoms with van der Waals surface area (Å²) in [6, 6.07) is 30.7. The summed E-state index contributed by atoms with van der Waals surface area (Å²) in [4.78, 5) is 4.74.